The molecule has 5 heterocycles. The van der Waals surface area contributed by atoms with Gasteiger partial charge in [-0.1, -0.05) is 36.4 Å². The number of halogens is 3. The first-order valence-electron chi connectivity index (χ1n) is 20.2. The van der Waals surface area contributed by atoms with Gasteiger partial charge in [-0.25, -0.2) is 29.3 Å². The molecule has 21 heteroatoms. The number of aromatic nitrogens is 4. The Morgan fingerprint density at radius 3 is 1.88 bits per heavy atom. The molecule has 18 nitrogen and oxygen atoms in total. The number of hydrogen-bond donors (Lipinski definition) is 0. The van der Waals surface area contributed by atoms with Crippen LogP contribution >= 0.6 is 0 Å². The number of carbonyl (C=O) groups is 3. The molecule has 0 radical (unpaired) electrons. The number of urea groups is 1. The van der Waals surface area contributed by atoms with Crippen LogP contribution in [0.5, 0.6) is 29.0 Å². The molecular weight excluding hydrogens is 858 g/mol. The number of carbonyl (C=O) groups excluding carboxylic acids is 3. The van der Waals surface area contributed by atoms with Crippen LogP contribution in [0, 0.1) is 13.8 Å². The van der Waals surface area contributed by atoms with Gasteiger partial charge in [0.05, 0.1) is 18.9 Å². The molecule has 0 saturated carbocycles. The largest absolute Gasteiger partial charge is 0.573 e. The summed E-state index contributed by atoms with van der Waals surface area (Å²) >= 11 is 0. The number of fused-ring (bicyclic) bond motifs is 2. The fraction of sp³-hybridized carbons (Fsp3) is 0.250. The van der Waals surface area contributed by atoms with Crippen LogP contribution in [0.1, 0.15) is 25.4 Å². The highest BCUT2D eigenvalue weighted by atomic mass is 19.4. The standard InChI is InChI=1S/C44H39F3N8O10/c1-5-59-39-35(48-31-23-26(3)61-37(31)50-39)54(41(56)53-21-19-52(20-22-53)28-13-12-16-30(25-28)65-44(45,46)47)33-17-10-11-18-34(33)64-43(58)55(42(57)63-29-14-8-7-9-15-29)36-40(60-6-2)51-38-32(49-36)24-27(4)62-38/h7-18,23-25H,5-6,19-22H2,1-4H3. The molecule has 4 aromatic heterocycles. The summed E-state index contributed by atoms with van der Waals surface area (Å²) in [6.45, 7) is 7.49. The minimum absolute atomic E-state index is 0.0338. The lowest BCUT2D eigenvalue weighted by Gasteiger charge is -2.38. The van der Waals surface area contributed by atoms with Gasteiger partial charge in [-0.05, 0) is 64.1 Å². The number of alkyl halides is 3. The average Bonchev–Trinajstić information content (AvgIpc) is 3.83. The van der Waals surface area contributed by atoms with Crippen LogP contribution in [0.15, 0.2) is 99.8 Å². The molecule has 336 valence electrons. The summed E-state index contributed by atoms with van der Waals surface area (Å²) in [6.07, 6.45) is -7.44. The van der Waals surface area contributed by atoms with Crippen LogP contribution in [-0.4, -0.2) is 88.8 Å². The van der Waals surface area contributed by atoms with Gasteiger partial charge in [0, 0.05) is 50.1 Å². The molecule has 1 aliphatic rings. The minimum Gasteiger partial charge on any atom is -0.475 e. The Bertz CT molecular complexity index is 2870. The number of ether oxygens (including phenoxy) is 5. The molecule has 0 atom stereocenters. The molecule has 1 aliphatic heterocycles. The zero-order valence-electron chi connectivity index (χ0n) is 35.2. The third-order valence-corrected chi connectivity index (χ3v) is 9.64. The Kier molecular flexibility index (Phi) is 12.3. The first kappa shape index (κ1) is 43.5. The predicted molar refractivity (Wildman–Crippen MR) is 227 cm³/mol. The molecule has 65 heavy (non-hydrogen) atoms. The summed E-state index contributed by atoms with van der Waals surface area (Å²) < 4.78 is 77.9. The summed E-state index contributed by atoms with van der Waals surface area (Å²) in [4.78, 5) is 67.0. The zero-order chi connectivity index (χ0) is 45.8. The molecule has 0 N–H and O–H groups in total. The van der Waals surface area contributed by atoms with Crippen molar-refractivity contribution in [1.82, 2.24) is 24.8 Å². The van der Waals surface area contributed by atoms with Crippen molar-refractivity contribution in [3.8, 4) is 29.0 Å². The van der Waals surface area contributed by atoms with Crippen molar-refractivity contribution in [1.29, 1.82) is 0 Å². The van der Waals surface area contributed by atoms with Crippen molar-refractivity contribution in [3.63, 3.8) is 0 Å². The Morgan fingerprint density at radius 1 is 0.677 bits per heavy atom. The minimum atomic E-state index is -4.88. The topological polar surface area (TPSA) is 188 Å². The van der Waals surface area contributed by atoms with Crippen LogP contribution in [-0.2, 0) is 0 Å². The van der Waals surface area contributed by atoms with E-state index in [9.17, 15) is 22.8 Å². The summed E-state index contributed by atoms with van der Waals surface area (Å²) in [5.41, 5.74) is 1.11. The van der Waals surface area contributed by atoms with Gasteiger partial charge in [-0.15, -0.1) is 13.2 Å². The van der Waals surface area contributed by atoms with E-state index in [2.05, 4.69) is 19.7 Å². The van der Waals surface area contributed by atoms with Crippen molar-refractivity contribution < 1.29 is 60.1 Å². The summed E-state index contributed by atoms with van der Waals surface area (Å²) in [5, 5.41) is 0. The quantitative estimate of drug-likeness (QED) is 0.119. The zero-order valence-corrected chi connectivity index (χ0v) is 35.2. The van der Waals surface area contributed by atoms with Crippen molar-refractivity contribution in [2.24, 2.45) is 0 Å². The van der Waals surface area contributed by atoms with Crippen LogP contribution in [0.3, 0.4) is 0 Å². The third kappa shape index (κ3) is 9.62. The van der Waals surface area contributed by atoms with Gasteiger partial charge in [-0.2, -0.15) is 14.9 Å². The van der Waals surface area contributed by atoms with Crippen molar-refractivity contribution in [2.75, 3.05) is 54.1 Å². The molecule has 0 bridgehead atoms. The lowest BCUT2D eigenvalue weighted by atomic mass is 10.2. The fourth-order valence-corrected chi connectivity index (χ4v) is 6.90. The number of hydrogen-bond acceptors (Lipinski definition) is 15. The maximum absolute atomic E-state index is 15.1. The highest BCUT2D eigenvalue weighted by molar-refractivity contribution is 6.11. The number of para-hydroxylation sites is 3. The average molecular weight is 897 g/mol. The molecule has 7 aromatic rings. The maximum atomic E-state index is 15.1. The highest BCUT2D eigenvalue weighted by Gasteiger charge is 2.38. The van der Waals surface area contributed by atoms with Gasteiger partial charge in [-0.3, -0.25) is 0 Å². The van der Waals surface area contributed by atoms with Crippen molar-refractivity contribution in [3.05, 3.63) is 103 Å². The smallest absolute Gasteiger partial charge is 0.475 e. The van der Waals surface area contributed by atoms with Gasteiger partial charge in [0.2, 0.25) is 23.1 Å². The number of anilines is 4. The number of piperazine rings is 1. The van der Waals surface area contributed by atoms with Gasteiger partial charge in [0.25, 0.3) is 11.8 Å². The predicted octanol–water partition coefficient (Wildman–Crippen LogP) is 9.36. The SMILES string of the molecule is CCOc1nc2oc(C)cc2nc1N(C(=O)Oc1ccccc1)C(=O)Oc1ccccc1N(C(=O)N1CCN(c2cccc(OC(F)(F)F)c2)CC1)c1nc2cc(C)oc2nc1OCC. The third-order valence-electron chi connectivity index (χ3n) is 9.64. The second-order valence-electron chi connectivity index (χ2n) is 14.2. The second kappa shape index (κ2) is 18.3. The van der Waals surface area contributed by atoms with Crippen LogP contribution in [0.25, 0.3) is 22.5 Å². The van der Waals surface area contributed by atoms with E-state index in [1.165, 1.54) is 47.4 Å². The Morgan fingerprint density at radius 2 is 1.25 bits per heavy atom. The summed E-state index contributed by atoms with van der Waals surface area (Å²) in [6, 6.07) is 22.1. The molecule has 0 spiro atoms. The number of amides is 4. The van der Waals surface area contributed by atoms with E-state index in [1.54, 1.807) is 76.2 Å². The number of rotatable bonds is 11. The van der Waals surface area contributed by atoms with Crippen LogP contribution < -0.4 is 38.4 Å². The van der Waals surface area contributed by atoms with E-state index in [0.717, 1.165) is 4.90 Å². The van der Waals surface area contributed by atoms with E-state index >= 15 is 4.79 Å². The monoisotopic (exact) mass is 896 g/mol. The van der Waals surface area contributed by atoms with Gasteiger partial charge in [0.15, 0.2) is 5.75 Å². The summed E-state index contributed by atoms with van der Waals surface area (Å²) in [5.74, 6) is -0.429. The number of imide groups is 1. The van der Waals surface area contributed by atoms with Crippen LogP contribution in [0.2, 0.25) is 0 Å². The number of aryl methyl sites for hydroxylation is 2. The number of nitrogens with zero attached hydrogens (tertiary/aromatic N) is 8. The fourth-order valence-electron chi connectivity index (χ4n) is 6.90. The molecule has 0 aliphatic carbocycles. The lowest BCUT2D eigenvalue weighted by molar-refractivity contribution is -0.274. The van der Waals surface area contributed by atoms with E-state index in [4.69, 9.17) is 32.8 Å². The molecule has 1 saturated heterocycles. The van der Waals surface area contributed by atoms with Crippen molar-refractivity contribution >= 4 is 63.7 Å². The van der Waals surface area contributed by atoms with Gasteiger partial charge in [0.1, 0.15) is 34.1 Å². The normalized spacial score (nSPS) is 12.8. The molecule has 1 fully saturated rings. The molecule has 3 aromatic carbocycles. The number of benzene rings is 3. The number of furan rings is 2. The van der Waals surface area contributed by atoms with Gasteiger partial charge >= 0.3 is 24.6 Å². The first-order chi connectivity index (χ1) is 31.3. The van der Waals surface area contributed by atoms with E-state index in [1.807, 2.05) is 4.90 Å². The summed E-state index contributed by atoms with van der Waals surface area (Å²) in [7, 11) is 0. The second-order valence-corrected chi connectivity index (χ2v) is 14.2. The van der Waals surface area contributed by atoms with Gasteiger partial charge < -0.3 is 42.3 Å². The molecule has 0 unspecified atom stereocenters. The Balaban J connectivity index is 1.18. The van der Waals surface area contributed by atoms with E-state index in [0.29, 0.717) is 22.1 Å². The molecule has 8 rings (SSSR count). The van der Waals surface area contributed by atoms with E-state index < -0.39 is 24.6 Å². The molecular formula is C44H39F3N8O10. The van der Waals surface area contributed by atoms with Crippen LogP contribution in [0.4, 0.5) is 50.6 Å². The maximum Gasteiger partial charge on any atom is 0.573 e. The van der Waals surface area contributed by atoms with E-state index in [-0.39, 0.29) is 108 Å². The molecule has 4 amide bonds. The highest BCUT2D eigenvalue weighted by Crippen LogP contribution is 2.40. The van der Waals surface area contributed by atoms with Crippen molar-refractivity contribution in [2.45, 2.75) is 34.1 Å². The lowest BCUT2D eigenvalue weighted by Crippen LogP contribution is -2.52. The Labute approximate surface area is 367 Å². The first-order valence-corrected chi connectivity index (χ1v) is 20.2. The Hall–Kier alpha value is -8.10.